The third kappa shape index (κ3) is 6.73. The third-order valence-corrected chi connectivity index (χ3v) is 3.91. The van der Waals surface area contributed by atoms with Crippen LogP contribution in [0.15, 0.2) is 18.7 Å². The van der Waals surface area contributed by atoms with Crippen molar-refractivity contribution in [3.05, 3.63) is 18.7 Å². The normalized spacial score (nSPS) is 11.8. The lowest BCUT2D eigenvalue weighted by atomic mass is 10.3. The molecule has 0 aliphatic carbocycles. The Bertz CT molecular complexity index is 403. The molecule has 1 aromatic heterocycles. The first-order valence-electron chi connectivity index (χ1n) is 6.28. The number of unbranched alkanes of at least 4 members (excludes halogenated alkanes) is 1. The van der Waals surface area contributed by atoms with Crippen molar-refractivity contribution >= 4 is 10.0 Å². The number of rotatable bonds is 10. The van der Waals surface area contributed by atoms with Crippen molar-refractivity contribution < 1.29 is 8.42 Å². The number of hydrogen-bond donors (Lipinski definition) is 2. The SMILES string of the molecule is CCNCCS(=O)(=O)NCCCCn1ccnc1. The number of sulfonamides is 1. The van der Waals surface area contributed by atoms with Gasteiger partial charge < -0.3 is 9.88 Å². The minimum Gasteiger partial charge on any atom is -0.337 e. The van der Waals surface area contributed by atoms with Gasteiger partial charge in [0.2, 0.25) is 10.0 Å². The van der Waals surface area contributed by atoms with Crippen LogP contribution < -0.4 is 10.0 Å². The Kier molecular flexibility index (Phi) is 6.92. The lowest BCUT2D eigenvalue weighted by Gasteiger charge is -2.07. The summed E-state index contributed by atoms with van der Waals surface area (Å²) in [5, 5.41) is 3.00. The standard InChI is InChI=1S/C11H22N4O2S/c1-2-12-7-10-18(16,17)14-5-3-4-8-15-9-6-13-11-15/h6,9,11-12,14H,2-5,7-8,10H2,1H3. The maximum atomic E-state index is 11.5. The molecule has 0 aromatic carbocycles. The Balaban J connectivity index is 2.06. The summed E-state index contributed by atoms with van der Waals surface area (Å²) < 4.78 is 27.7. The Morgan fingerprint density at radius 1 is 1.28 bits per heavy atom. The molecule has 0 fully saturated rings. The number of imidazole rings is 1. The Hall–Kier alpha value is -0.920. The molecule has 1 rings (SSSR count). The van der Waals surface area contributed by atoms with Crippen molar-refractivity contribution in [1.82, 2.24) is 19.6 Å². The Morgan fingerprint density at radius 2 is 2.11 bits per heavy atom. The third-order valence-electron chi connectivity index (χ3n) is 2.52. The highest BCUT2D eigenvalue weighted by Gasteiger charge is 2.07. The van der Waals surface area contributed by atoms with Gasteiger partial charge in [0.05, 0.1) is 12.1 Å². The van der Waals surface area contributed by atoms with Gasteiger partial charge in [-0.2, -0.15) is 0 Å². The summed E-state index contributed by atoms with van der Waals surface area (Å²) in [6.45, 7) is 4.62. The van der Waals surface area contributed by atoms with Crippen molar-refractivity contribution in [2.24, 2.45) is 0 Å². The number of aryl methyl sites for hydroxylation is 1. The van der Waals surface area contributed by atoms with Crippen LogP contribution in [0.1, 0.15) is 19.8 Å². The Labute approximate surface area is 109 Å². The predicted molar refractivity (Wildman–Crippen MR) is 71.8 cm³/mol. The molecule has 0 radical (unpaired) electrons. The van der Waals surface area contributed by atoms with Crippen LogP contribution in [0.4, 0.5) is 0 Å². The van der Waals surface area contributed by atoms with Crippen molar-refractivity contribution in [2.45, 2.75) is 26.3 Å². The quantitative estimate of drug-likeness (QED) is 0.597. The molecule has 0 bridgehead atoms. The van der Waals surface area contributed by atoms with Gasteiger partial charge >= 0.3 is 0 Å². The molecule has 2 N–H and O–H groups in total. The second kappa shape index (κ2) is 8.23. The van der Waals surface area contributed by atoms with E-state index in [2.05, 4.69) is 15.0 Å². The molecule has 1 aromatic rings. The van der Waals surface area contributed by atoms with Crippen LogP contribution in [-0.2, 0) is 16.6 Å². The molecular formula is C11H22N4O2S. The van der Waals surface area contributed by atoms with Crippen LogP contribution in [0.3, 0.4) is 0 Å². The molecule has 0 unspecified atom stereocenters. The van der Waals surface area contributed by atoms with E-state index in [1.54, 1.807) is 12.5 Å². The monoisotopic (exact) mass is 274 g/mol. The number of nitrogens with one attached hydrogen (secondary N) is 2. The van der Waals surface area contributed by atoms with E-state index < -0.39 is 10.0 Å². The van der Waals surface area contributed by atoms with E-state index in [9.17, 15) is 8.42 Å². The fourth-order valence-corrected chi connectivity index (χ4v) is 2.53. The molecule has 0 spiro atoms. The molecule has 0 saturated heterocycles. The minimum atomic E-state index is -3.12. The van der Waals surface area contributed by atoms with Gasteiger partial charge in [-0.1, -0.05) is 6.92 Å². The van der Waals surface area contributed by atoms with E-state index in [0.717, 1.165) is 25.9 Å². The first kappa shape index (κ1) is 15.1. The number of hydrogen-bond acceptors (Lipinski definition) is 4. The van der Waals surface area contributed by atoms with E-state index in [4.69, 9.17) is 0 Å². The summed E-state index contributed by atoms with van der Waals surface area (Å²) >= 11 is 0. The largest absolute Gasteiger partial charge is 0.337 e. The topological polar surface area (TPSA) is 76.0 Å². The zero-order valence-corrected chi connectivity index (χ0v) is 11.6. The molecule has 0 amide bonds. The molecule has 0 aliphatic heterocycles. The molecule has 104 valence electrons. The fraction of sp³-hybridized carbons (Fsp3) is 0.727. The average Bonchev–Trinajstić information content (AvgIpc) is 2.81. The van der Waals surface area contributed by atoms with Crippen LogP contribution in [0.25, 0.3) is 0 Å². The fourth-order valence-electron chi connectivity index (χ4n) is 1.52. The zero-order chi connectivity index (χ0) is 13.3. The first-order chi connectivity index (χ1) is 8.64. The van der Waals surface area contributed by atoms with E-state index in [1.165, 1.54) is 0 Å². The highest BCUT2D eigenvalue weighted by Crippen LogP contribution is 1.95. The van der Waals surface area contributed by atoms with E-state index in [0.29, 0.717) is 13.1 Å². The van der Waals surface area contributed by atoms with Crippen LogP contribution in [-0.4, -0.2) is 43.4 Å². The van der Waals surface area contributed by atoms with Gasteiger partial charge in [-0.15, -0.1) is 0 Å². The number of aromatic nitrogens is 2. The van der Waals surface area contributed by atoms with Crippen molar-refractivity contribution in [3.63, 3.8) is 0 Å². The minimum absolute atomic E-state index is 0.141. The average molecular weight is 274 g/mol. The zero-order valence-electron chi connectivity index (χ0n) is 10.8. The number of nitrogens with zero attached hydrogens (tertiary/aromatic N) is 2. The predicted octanol–water partition coefficient (Wildman–Crippen LogP) is 0.192. The summed E-state index contributed by atoms with van der Waals surface area (Å²) in [5.41, 5.74) is 0. The molecule has 1 heterocycles. The molecule has 18 heavy (non-hydrogen) atoms. The highest BCUT2D eigenvalue weighted by atomic mass is 32.2. The van der Waals surface area contributed by atoms with Crippen molar-refractivity contribution in [3.8, 4) is 0 Å². The van der Waals surface area contributed by atoms with Gasteiger partial charge in [-0.05, 0) is 19.4 Å². The highest BCUT2D eigenvalue weighted by molar-refractivity contribution is 7.89. The lowest BCUT2D eigenvalue weighted by Crippen LogP contribution is -2.32. The molecule has 0 aliphatic rings. The van der Waals surface area contributed by atoms with Crippen LogP contribution in [0, 0.1) is 0 Å². The summed E-state index contributed by atoms with van der Waals surface area (Å²) in [4.78, 5) is 3.95. The lowest BCUT2D eigenvalue weighted by molar-refractivity contribution is 0.563. The summed E-state index contributed by atoms with van der Waals surface area (Å²) in [6, 6.07) is 0. The second-order valence-corrected chi connectivity index (χ2v) is 6.00. The van der Waals surface area contributed by atoms with Crippen molar-refractivity contribution in [1.29, 1.82) is 0 Å². The molecule has 0 saturated carbocycles. The van der Waals surface area contributed by atoms with Crippen LogP contribution in [0.5, 0.6) is 0 Å². The van der Waals surface area contributed by atoms with Gasteiger partial charge in [-0.25, -0.2) is 18.1 Å². The van der Waals surface area contributed by atoms with Crippen LogP contribution >= 0.6 is 0 Å². The second-order valence-electron chi connectivity index (χ2n) is 4.07. The smallest absolute Gasteiger partial charge is 0.212 e. The summed E-state index contributed by atoms with van der Waals surface area (Å²) in [6.07, 6.45) is 7.18. The molecule has 6 nitrogen and oxygen atoms in total. The summed E-state index contributed by atoms with van der Waals surface area (Å²) in [5.74, 6) is 0.141. The van der Waals surface area contributed by atoms with Gasteiger partial charge in [0.25, 0.3) is 0 Å². The maximum Gasteiger partial charge on any atom is 0.212 e. The van der Waals surface area contributed by atoms with E-state index in [-0.39, 0.29) is 5.75 Å². The molecular weight excluding hydrogens is 252 g/mol. The van der Waals surface area contributed by atoms with Crippen LogP contribution in [0.2, 0.25) is 0 Å². The van der Waals surface area contributed by atoms with Gasteiger partial charge in [0.15, 0.2) is 0 Å². The van der Waals surface area contributed by atoms with Crippen molar-refractivity contribution in [2.75, 3.05) is 25.4 Å². The van der Waals surface area contributed by atoms with Gasteiger partial charge in [0, 0.05) is 32.0 Å². The Morgan fingerprint density at radius 3 is 2.78 bits per heavy atom. The molecule has 0 atom stereocenters. The van der Waals surface area contributed by atoms with Gasteiger partial charge in [0.1, 0.15) is 0 Å². The summed E-state index contributed by atoms with van der Waals surface area (Å²) in [7, 11) is -3.12. The van der Waals surface area contributed by atoms with E-state index in [1.807, 2.05) is 17.7 Å². The van der Waals surface area contributed by atoms with E-state index >= 15 is 0 Å². The maximum absolute atomic E-state index is 11.5. The molecule has 7 heteroatoms. The first-order valence-corrected chi connectivity index (χ1v) is 7.93. The van der Waals surface area contributed by atoms with Gasteiger partial charge in [-0.3, -0.25) is 0 Å².